The van der Waals surface area contributed by atoms with E-state index < -0.39 is 27.4 Å². The van der Waals surface area contributed by atoms with Crippen LogP contribution in [0.3, 0.4) is 0 Å². The number of nitrogens with one attached hydrogen (secondary N) is 1. The molecule has 3 N–H and O–H groups in total. The van der Waals surface area contributed by atoms with Gasteiger partial charge in [0.25, 0.3) is 0 Å². The number of aromatic nitrogens is 2. The van der Waals surface area contributed by atoms with Gasteiger partial charge in [-0.15, -0.1) is 0 Å². The third kappa shape index (κ3) is 10.9. The van der Waals surface area contributed by atoms with Gasteiger partial charge in [-0.05, 0) is 44.2 Å². The van der Waals surface area contributed by atoms with Crippen molar-refractivity contribution in [3.63, 3.8) is 0 Å². The SMILES string of the molecule is COC(C)C.FCF.Nc1ccn(C2CCC(COP(NCC=O)Oc3cccc4ccccc34)O2)c(=O)n1. The number of anilines is 1. The molecule has 1 fully saturated rings. The lowest BCUT2D eigenvalue weighted by molar-refractivity contribution is -0.106. The van der Waals surface area contributed by atoms with Crippen molar-refractivity contribution in [3.8, 4) is 5.75 Å². The summed E-state index contributed by atoms with van der Waals surface area (Å²) in [5.74, 6) is 0.851. The molecule has 0 saturated carbocycles. The van der Waals surface area contributed by atoms with Gasteiger partial charge in [-0.3, -0.25) is 4.57 Å². The highest BCUT2D eigenvalue weighted by molar-refractivity contribution is 7.45. The van der Waals surface area contributed by atoms with Crippen molar-refractivity contribution in [2.24, 2.45) is 0 Å². The van der Waals surface area contributed by atoms with Crippen LogP contribution >= 0.6 is 8.53 Å². The fraction of sp³-hybridized carbons (Fsp3) is 0.423. The first-order valence-electron chi connectivity index (χ1n) is 12.2. The first-order chi connectivity index (χ1) is 18.8. The number of ether oxygens (including phenoxy) is 2. The zero-order valence-electron chi connectivity index (χ0n) is 22.2. The van der Waals surface area contributed by atoms with Crippen molar-refractivity contribution in [3.05, 3.63) is 65.2 Å². The molecule has 0 amide bonds. The van der Waals surface area contributed by atoms with Crippen LogP contribution in [0.4, 0.5) is 14.6 Å². The molecule has 214 valence electrons. The maximum atomic E-state index is 12.0. The van der Waals surface area contributed by atoms with Gasteiger partial charge in [0.15, 0.2) is 0 Å². The monoisotopic (exact) mass is 568 g/mol. The lowest BCUT2D eigenvalue weighted by atomic mass is 10.1. The highest BCUT2D eigenvalue weighted by atomic mass is 31.2. The van der Waals surface area contributed by atoms with E-state index in [1.54, 1.807) is 19.4 Å². The second-order valence-corrected chi connectivity index (χ2v) is 9.64. The molecule has 2 aromatic carbocycles. The Labute approximate surface area is 227 Å². The maximum absolute atomic E-state index is 12.0. The van der Waals surface area contributed by atoms with Crippen LogP contribution in [0.2, 0.25) is 0 Å². The largest absolute Gasteiger partial charge is 0.435 e. The number of carbonyl (C=O) groups excluding carboxylic acids is 1. The van der Waals surface area contributed by atoms with Gasteiger partial charge in [-0.2, -0.15) is 4.98 Å². The topological polar surface area (TPSA) is 127 Å². The van der Waals surface area contributed by atoms with Gasteiger partial charge in [0, 0.05) is 18.7 Å². The molecule has 2 heterocycles. The third-order valence-corrected chi connectivity index (χ3v) is 6.52. The van der Waals surface area contributed by atoms with Gasteiger partial charge >= 0.3 is 14.2 Å². The number of nitrogens with zero attached hydrogens (tertiary/aromatic N) is 2. The van der Waals surface area contributed by atoms with Crippen LogP contribution in [0.25, 0.3) is 10.8 Å². The van der Waals surface area contributed by atoms with E-state index in [4.69, 9.17) is 24.3 Å². The Morgan fingerprint density at radius 1 is 1.21 bits per heavy atom. The number of methoxy groups -OCH3 is 1. The fourth-order valence-electron chi connectivity index (χ4n) is 3.39. The minimum atomic E-state index is -1.75. The number of fused-ring (bicyclic) bond motifs is 1. The average molecular weight is 569 g/mol. The molecule has 3 aromatic rings. The number of nitrogens with two attached hydrogens (primary N) is 1. The number of hydrogen-bond donors (Lipinski definition) is 2. The van der Waals surface area contributed by atoms with E-state index in [9.17, 15) is 18.4 Å². The summed E-state index contributed by atoms with van der Waals surface area (Å²) < 4.78 is 43.4. The summed E-state index contributed by atoms with van der Waals surface area (Å²) in [6, 6.07) is 15.2. The van der Waals surface area contributed by atoms with Gasteiger partial charge in [0.05, 0.1) is 25.4 Å². The molecule has 1 aliphatic rings. The molecule has 3 atom stereocenters. The van der Waals surface area contributed by atoms with E-state index in [1.165, 1.54) is 4.57 Å². The van der Waals surface area contributed by atoms with Crippen LogP contribution < -0.4 is 21.0 Å². The number of alkyl halides is 2. The number of benzene rings is 2. The first kappa shape index (κ1) is 32.2. The highest BCUT2D eigenvalue weighted by Gasteiger charge is 2.29. The van der Waals surface area contributed by atoms with Crippen LogP contribution in [0.15, 0.2) is 59.5 Å². The summed E-state index contributed by atoms with van der Waals surface area (Å²) in [5, 5.41) is 4.99. The molecule has 3 unspecified atom stereocenters. The number of aldehydes is 1. The Morgan fingerprint density at radius 3 is 2.56 bits per heavy atom. The molecule has 1 saturated heterocycles. The Bertz CT molecular complexity index is 1200. The van der Waals surface area contributed by atoms with Crippen LogP contribution in [-0.2, 0) is 18.8 Å². The van der Waals surface area contributed by atoms with Crippen LogP contribution in [0, 0.1) is 0 Å². The first-order valence-corrected chi connectivity index (χ1v) is 13.4. The molecule has 1 aromatic heterocycles. The van der Waals surface area contributed by atoms with E-state index in [2.05, 4.69) is 10.1 Å². The standard InChI is InChI=1S/C21H23N4O5P.C4H10O.CH2F2/c22-19-10-12-25(21(27)24-19)20-9-8-16(29-20)14-28-31(23-11-13-26)30-18-7-3-5-15-4-1-2-6-17(15)18;1-4(2)5-3;2-1-3/h1-7,10,12-13,16,20,23H,8-9,11,14H2,(H2,22,24,27);4H,1-3H3;1H2. The average Bonchev–Trinajstić information content (AvgIpc) is 3.40. The van der Waals surface area contributed by atoms with E-state index in [0.29, 0.717) is 24.7 Å². The second-order valence-electron chi connectivity index (χ2n) is 8.37. The summed E-state index contributed by atoms with van der Waals surface area (Å²) in [6.45, 7) is 2.62. The molecule has 0 spiro atoms. The van der Waals surface area contributed by atoms with E-state index in [-0.39, 0.29) is 25.1 Å². The summed E-state index contributed by atoms with van der Waals surface area (Å²) in [6.07, 6.45) is 3.47. The summed E-state index contributed by atoms with van der Waals surface area (Å²) in [7, 11) is 0.129. The molecule has 13 heteroatoms. The van der Waals surface area contributed by atoms with Crippen molar-refractivity contribution < 1.29 is 32.1 Å². The number of halogens is 2. The van der Waals surface area contributed by atoms with E-state index in [1.807, 2.05) is 56.3 Å². The Morgan fingerprint density at radius 2 is 1.90 bits per heavy atom. The molecular formula is C26H35F2N4O6P. The third-order valence-electron chi connectivity index (χ3n) is 5.33. The van der Waals surface area contributed by atoms with Crippen molar-refractivity contribution in [2.75, 3.05) is 32.9 Å². The van der Waals surface area contributed by atoms with Crippen molar-refractivity contribution >= 4 is 31.4 Å². The normalized spacial score (nSPS) is 17.1. The van der Waals surface area contributed by atoms with Gasteiger partial charge in [-0.1, -0.05) is 36.4 Å². The Balaban J connectivity index is 0.000000590. The quantitative estimate of drug-likeness (QED) is 0.265. The van der Waals surface area contributed by atoms with E-state index >= 15 is 0 Å². The molecule has 0 aliphatic carbocycles. The summed E-state index contributed by atoms with van der Waals surface area (Å²) in [4.78, 5) is 26.6. The van der Waals surface area contributed by atoms with Crippen LogP contribution in [-0.4, -0.2) is 55.2 Å². The summed E-state index contributed by atoms with van der Waals surface area (Å²) in [5.41, 5.74) is 5.10. The van der Waals surface area contributed by atoms with Crippen molar-refractivity contribution in [1.29, 1.82) is 0 Å². The summed E-state index contributed by atoms with van der Waals surface area (Å²) >= 11 is 0. The molecular weight excluding hydrogens is 533 g/mol. The maximum Gasteiger partial charge on any atom is 0.351 e. The Kier molecular flexibility index (Phi) is 14.5. The van der Waals surface area contributed by atoms with Gasteiger partial charge in [-0.25, -0.2) is 18.7 Å². The van der Waals surface area contributed by atoms with Crippen LogP contribution in [0.1, 0.15) is 32.9 Å². The zero-order chi connectivity index (χ0) is 28.6. The van der Waals surface area contributed by atoms with Gasteiger partial charge < -0.3 is 29.0 Å². The minimum Gasteiger partial charge on any atom is -0.435 e. The number of carbonyl (C=O) groups is 1. The predicted molar refractivity (Wildman–Crippen MR) is 147 cm³/mol. The molecule has 10 nitrogen and oxygen atoms in total. The number of hydrogen-bond acceptors (Lipinski definition) is 9. The Hall–Kier alpha value is -3.02. The fourth-order valence-corrected chi connectivity index (χ4v) is 4.46. The molecule has 4 rings (SSSR count). The van der Waals surface area contributed by atoms with Crippen molar-refractivity contribution in [2.45, 2.75) is 45.1 Å². The zero-order valence-corrected chi connectivity index (χ0v) is 23.1. The highest BCUT2D eigenvalue weighted by Crippen LogP contribution is 2.39. The van der Waals surface area contributed by atoms with Gasteiger partial charge in [0.2, 0.25) is 6.93 Å². The van der Waals surface area contributed by atoms with Crippen LogP contribution in [0.5, 0.6) is 5.75 Å². The lowest BCUT2D eigenvalue weighted by Crippen LogP contribution is -2.28. The molecule has 39 heavy (non-hydrogen) atoms. The molecule has 0 radical (unpaired) electrons. The number of nitrogen functional groups attached to an aromatic ring is 1. The molecule has 1 aliphatic heterocycles. The lowest BCUT2D eigenvalue weighted by Gasteiger charge is -2.21. The number of rotatable bonds is 10. The van der Waals surface area contributed by atoms with Gasteiger partial charge in [0.1, 0.15) is 24.1 Å². The molecule has 0 bridgehead atoms. The predicted octanol–water partition coefficient (Wildman–Crippen LogP) is 4.69. The smallest absolute Gasteiger partial charge is 0.351 e. The minimum absolute atomic E-state index is 0.108. The van der Waals surface area contributed by atoms with E-state index in [0.717, 1.165) is 17.1 Å². The van der Waals surface area contributed by atoms with Crippen molar-refractivity contribution in [1.82, 2.24) is 14.6 Å². The second kappa shape index (κ2) is 17.5.